The summed E-state index contributed by atoms with van der Waals surface area (Å²) in [4.78, 5) is 10.1. The lowest BCUT2D eigenvalue weighted by Crippen LogP contribution is -2.21. The van der Waals surface area contributed by atoms with Crippen LogP contribution < -0.4 is 0 Å². The van der Waals surface area contributed by atoms with Crippen molar-refractivity contribution in [1.82, 2.24) is 0 Å². The molecule has 3 atom stereocenters. The van der Waals surface area contributed by atoms with E-state index >= 15 is 0 Å². The van der Waals surface area contributed by atoms with Crippen LogP contribution in [-0.4, -0.2) is 37.0 Å². The van der Waals surface area contributed by atoms with Crippen LogP contribution in [0.5, 0.6) is 0 Å². The average Bonchev–Trinajstić information content (AvgIpc) is 2.30. The smallest absolute Gasteiger partial charge is 0.160 e. The Bertz CT molecular complexity index is 125. The summed E-state index contributed by atoms with van der Waals surface area (Å²) in [6.45, 7) is 0. The van der Waals surface area contributed by atoms with Crippen LogP contribution in [-0.2, 0) is 14.3 Å². The quantitative estimate of drug-likeness (QED) is 0.524. The Morgan fingerprint density at radius 2 is 2.50 bits per heavy atom. The molecule has 0 radical (unpaired) electrons. The molecule has 0 aliphatic carbocycles. The highest BCUT2D eigenvalue weighted by atomic mass is 16.7. The highest BCUT2D eigenvalue weighted by molar-refractivity contribution is 5.57. The summed E-state index contributed by atoms with van der Waals surface area (Å²) in [6, 6.07) is 0. The molecule has 1 fully saturated rings. The SMILES string of the molecule is COC1C[C@H](O)[C@H](C=O)O1. The largest absolute Gasteiger partial charge is 0.390 e. The molecule has 1 aliphatic heterocycles. The van der Waals surface area contributed by atoms with Crippen LogP contribution in [0, 0.1) is 0 Å². The Morgan fingerprint density at radius 1 is 1.80 bits per heavy atom. The highest BCUT2D eigenvalue weighted by Crippen LogP contribution is 2.18. The van der Waals surface area contributed by atoms with E-state index in [2.05, 4.69) is 0 Å². The number of rotatable bonds is 2. The fourth-order valence-corrected chi connectivity index (χ4v) is 0.927. The molecule has 10 heavy (non-hydrogen) atoms. The van der Waals surface area contributed by atoms with E-state index in [1.165, 1.54) is 7.11 Å². The molecule has 0 aromatic rings. The summed E-state index contributed by atoms with van der Waals surface area (Å²) in [5, 5.41) is 9.05. The van der Waals surface area contributed by atoms with Crippen LogP contribution in [0.25, 0.3) is 0 Å². The van der Waals surface area contributed by atoms with Crippen molar-refractivity contribution in [2.45, 2.75) is 24.9 Å². The van der Waals surface area contributed by atoms with Gasteiger partial charge in [-0.15, -0.1) is 0 Å². The van der Waals surface area contributed by atoms with E-state index < -0.39 is 18.5 Å². The summed E-state index contributed by atoms with van der Waals surface area (Å²) >= 11 is 0. The Hall–Kier alpha value is -0.450. The maximum atomic E-state index is 10.1. The van der Waals surface area contributed by atoms with Crippen LogP contribution >= 0.6 is 0 Å². The van der Waals surface area contributed by atoms with E-state index in [-0.39, 0.29) is 0 Å². The Kier molecular flexibility index (Phi) is 2.37. The molecule has 58 valence electrons. The van der Waals surface area contributed by atoms with Gasteiger partial charge in [0.15, 0.2) is 12.6 Å². The first-order valence-corrected chi connectivity index (χ1v) is 3.09. The van der Waals surface area contributed by atoms with Gasteiger partial charge in [-0.3, -0.25) is 0 Å². The zero-order chi connectivity index (χ0) is 7.56. The molecule has 4 nitrogen and oxygen atoms in total. The van der Waals surface area contributed by atoms with Gasteiger partial charge in [0.05, 0.1) is 6.10 Å². The van der Waals surface area contributed by atoms with Crippen LogP contribution in [0.1, 0.15) is 6.42 Å². The number of ether oxygens (including phenoxy) is 2. The molecule has 1 aliphatic rings. The Balaban J connectivity index is 2.43. The number of carbonyl (C=O) groups excluding carboxylic acids is 1. The van der Waals surface area contributed by atoms with E-state index in [4.69, 9.17) is 14.6 Å². The maximum Gasteiger partial charge on any atom is 0.160 e. The molecule has 0 bridgehead atoms. The molecule has 0 aromatic carbocycles. The van der Waals surface area contributed by atoms with Gasteiger partial charge in [0.25, 0.3) is 0 Å². The molecular formula is C6H10O4. The summed E-state index contributed by atoms with van der Waals surface area (Å²) in [5.74, 6) is 0. The second-order valence-corrected chi connectivity index (χ2v) is 2.21. The van der Waals surface area contributed by atoms with E-state index in [0.717, 1.165) is 0 Å². The summed E-state index contributed by atoms with van der Waals surface area (Å²) < 4.78 is 9.70. The minimum Gasteiger partial charge on any atom is -0.390 e. The van der Waals surface area contributed by atoms with Gasteiger partial charge >= 0.3 is 0 Å². The normalized spacial score (nSPS) is 40.0. The average molecular weight is 146 g/mol. The Labute approximate surface area is 58.7 Å². The third-order valence-electron chi connectivity index (χ3n) is 1.52. The van der Waals surface area contributed by atoms with Crippen LogP contribution in [0.15, 0.2) is 0 Å². The third kappa shape index (κ3) is 1.34. The number of carbonyl (C=O) groups is 1. The summed E-state index contributed by atoms with van der Waals surface area (Å²) in [5.41, 5.74) is 0. The van der Waals surface area contributed by atoms with Crippen LogP contribution in [0.3, 0.4) is 0 Å². The zero-order valence-corrected chi connectivity index (χ0v) is 5.69. The molecule has 1 heterocycles. The van der Waals surface area contributed by atoms with Gasteiger partial charge in [0.1, 0.15) is 6.10 Å². The fraction of sp³-hybridized carbons (Fsp3) is 0.833. The highest BCUT2D eigenvalue weighted by Gasteiger charge is 2.33. The van der Waals surface area contributed by atoms with Crippen LogP contribution in [0.2, 0.25) is 0 Å². The molecule has 0 saturated carbocycles. The number of aldehydes is 1. The van der Waals surface area contributed by atoms with Crippen molar-refractivity contribution in [3.05, 3.63) is 0 Å². The van der Waals surface area contributed by atoms with Crippen molar-refractivity contribution >= 4 is 6.29 Å². The molecular weight excluding hydrogens is 136 g/mol. The molecule has 1 saturated heterocycles. The van der Waals surface area contributed by atoms with Crippen LogP contribution in [0.4, 0.5) is 0 Å². The predicted molar refractivity (Wildman–Crippen MR) is 32.4 cm³/mol. The third-order valence-corrected chi connectivity index (χ3v) is 1.52. The van der Waals surface area contributed by atoms with Crippen molar-refractivity contribution < 1.29 is 19.4 Å². The monoisotopic (exact) mass is 146 g/mol. The van der Waals surface area contributed by atoms with E-state index in [1.54, 1.807) is 0 Å². The number of hydrogen-bond donors (Lipinski definition) is 1. The maximum absolute atomic E-state index is 10.1. The van der Waals surface area contributed by atoms with Gasteiger partial charge in [0, 0.05) is 13.5 Å². The number of methoxy groups -OCH3 is 1. The first kappa shape index (κ1) is 7.65. The van der Waals surface area contributed by atoms with Crippen molar-refractivity contribution in [3.8, 4) is 0 Å². The van der Waals surface area contributed by atoms with Gasteiger partial charge in [-0.2, -0.15) is 0 Å². The zero-order valence-electron chi connectivity index (χ0n) is 5.69. The molecule has 1 unspecified atom stereocenters. The second-order valence-electron chi connectivity index (χ2n) is 2.21. The standard InChI is InChI=1S/C6H10O4/c1-9-6-2-4(8)5(3-7)10-6/h3-6,8H,2H2,1H3/t4-,5-,6?/m0/s1. The predicted octanol–water partition coefficient (Wildman–Crippen LogP) is -0.692. The first-order chi connectivity index (χ1) is 4.77. The number of aliphatic hydroxyl groups excluding tert-OH is 1. The molecule has 0 amide bonds. The van der Waals surface area contributed by atoms with Crippen molar-refractivity contribution in [2.24, 2.45) is 0 Å². The topological polar surface area (TPSA) is 55.8 Å². The first-order valence-electron chi connectivity index (χ1n) is 3.09. The molecule has 4 heteroatoms. The lowest BCUT2D eigenvalue weighted by atomic mass is 10.2. The van der Waals surface area contributed by atoms with E-state index in [9.17, 15) is 4.79 Å². The van der Waals surface area contributed by atoms with Gasteiger partial charge in [-0.1, -0.05) is 0 Å². The van der Waals surface area contributed by atoms with Gasteiger partial charge in [-0.25, -0.2) is 0 Å². The molecule has 0 spiro atoms. The van der Waals surface area contributed by atoms with E-state index in [1.807, 2.05) is 0 Å². The van der Waals surface area contributed by atoms with Crippen molar-refractivity contribution in [2.75, 3.05) is 7.11 Å². The van der Waals surface area contributed by atoms with Crippen molar-refractivity contribution in [3.63, 3.8) is 0 Å². The fourth-order valence-electron chi connectivity index (χ4n) is 0.927. The lowest BCUT2D eigenvalue weighted by Gasteiger charge is -2.05. The Morgan fingerprint density at radius 3 is 2.80 bits per heavy atom. The summed E-state index contributed by atoms with van der Waals surface area (Å²) in [6.07, 6.45) is -0.874. The molecule has 0 aromatic heterocycles. The van der Waals surface area contributed by atoms with Gasteiger partial charge < -0.3 is 19.4 Å². The number of aliphatic hydroxyl groups is 1. The molecule has 1 N–H and O–H groups in total. The molecule has 1 rings (SSSR count). The van der Waals surface area contributed by atoms with Gasteiger partial charge in [0.2, 0.25) is 0 Å². The summed E-state index contributed by atoms with van der Waals surface area (Å²) in [7, 11) is 1.48. The van der Waals surface area contributed by atoms with E-state index in [0.29, 0.717) is 12.7 Å². The van der Waals surface area contributed by atoms with Gasteiger partial charge in [-0.05, 0) is 0 Å². The minimum atomic E-state index is -0.706. The van der Waals surface area contributed by atoms with Crippen molar-refractivity contribution in [1.29, 1.82) is 0 Å². The second kappa shape index (κ2) is 3.09. The minimum absolute atomic E-state index is 0.375. The lowest BCUT2D eigenvalue weighted by molar-refractivity contribution is -0.138. The number of hydrogen-bond acceptors (Lipinski definition) is 4.